The van der Waals surface area contributed by atoms with Gasteiger partial charge in [-0.2, -0.15) is 0 Å². The second kappa shape index (κ2) is 5.97. The molecule has 0 heterocycles. The second-order valence-electron chi connectivity index (χ2n) is 4.16. The fourth-order valence-corrected chi connectivity index (χ4v) is 1.74. The molecule has 1 nitrogen and oxygen atoms in total. The molecule has 0 aliphatic heterocycles. The second-order valence-corrected chi connectivity index (χ2v) is 4.16. The van der Waals surface area contributed by atoms with Crippen LogP contribution in [0, 0.1) is 0 Å². The number of hydrogen-bond donors (Lipinski definition) is 0. The van der Waals surface area contributed by atoms with Crippen LogP contribution in [0.5, 0.6) is 0 Å². The summed E-state index contributed by atoms with van der Waals surface area (Å²) in [7, 11) is 0. The van der Waals surface area contributed by atoms with Crippen LogP contribution in [0.15, 0.2) is 60.7 Å². The Morgan fingerprint density at radius 3 is 2.28 bits per heavy atom. The van der Waals surface area contributed by atoms with Gasteiger partial charge in [-0.1, -0.05) is 67.6 Å². The Bertz CT molecular complexity index is 536. The molecule has 2 aromatic carbocycles. The molecule has 18 heavy (non-hydrogen) atoms. The number of hydrogen-bond acceptors (Lipinski definition) is 1. The zero-order valence-electron chi connectivity index (χ0n) is 10.5. The van der Waals surface area contributed by atoms with Gasteiger partial charge in [-0.05, 0) is 23.6 Å². The van der Waals surface area contributed by atoms with Gasteiger partial charge in [-0.25, -0.2) is 0 Å². The van der Waals surface area contributed by atoms with Gasteiger partial charge < -0.3 is 0 Å². The molecule has 0 unspecified atom stereocenters. The van der Waals surface area contributed by atoms with Crippen LogP contribution in [0.25, 0.3) is 6.08 Å². The predicted octanol–water partition coefficient (Wildman–Crippen LogP) is 4.15. The van der Waals surface area contributed by atoms with Crippen molar-refractivity contribution in [3.63, 3.8) is 0 Å². The van der Waals surface area contributed by atoms with Crippen molar-refractivity contribution in [2.24, 2.45) is 0 Å². The Morgan fingerprint density at radius 1 is 1.00 bits per heavy atom. The SMILES string of the molecule is CCc1ccc(C(=O)C=Cc2ccccc2)cc1. The zero-order valence-corrected chi connectivity index (χ0v) is 10.5. The highest BCUT2D eigenvalue weighted by atomic mass is 16.1. The van der Waals surface area contributed by atoms with Crippen molar-refractivity contribution in [3.8, 4) is 0 Å². The summed E-state index contributed by atoms with van der Waals surface area (Å²) in [5, 5.41) is 0. The van der Waals surface area contributed by atoms with Crippen LogP contribution < -0.4 is 0 Å². The number of rotatable bonds is 4. The van der Waals surface area contributed by atoms with E-state index in [0.717, 1.165) is 17.5 Å². The number of carbonyl (C=O) groups excluding carboxylic acids is 1. The molecule has 0 radical (unpaired) electrons. The summed E-state index contributed by atoms with van der Waals surface area (Å²) in [5.74, 6) is 0.0431. The Labute approximate surface area is 108 Å². The van der Waals surface area contributed by atoms with Crippen LogP contribution in [0.4, 0.5) is 0 Å². The average molecular weight is 236 g/mol. The summed E-state index contributed by atoms with van der Waals surface area (Å²) in [4.78, 5) is 11.9. The van der Waals surface area contributed by atoms with Crippen LogP contribution in [0.2, 0.25) is 0 Å². The maximum atomic E-state index is 11.9. The highest BCUT2D eigenvalue weighted by Crippen LogP contribution is 2.08. The number of carbonyl (C=O) groups is 1. The third-order valence-electron chi connectivity index (χ3n) is 2.87. The molecule has 90 valence electrons. The van der Waals surface area contributed by atoms with Crippen LogP contribution in [0.3, 0.4) is 0 Å². The van der Waals surface area contributed by atoms with Crippen LogP contribution in [-0.2, 0) is 6.42 Å². The van der Waals surface area contributed by atoms with Gasteiger partial charge in [0.15, 0.2) is 5.78 Å². The molecule has 0 saturated carbocycles. The predicted molar refractivity (Wildman–Crippen MR) is 75.6 cm³/mol. The number of benzene rings is 2. The third-order valence-corrected chi connectivity index (χ3v) is 2.87. The normalized spacial score (nSPS) is 10.7. The lowest BCUT2D eigenvalue weighted by atomic mass is 10.1. The zero-order chi connectivity index (χ0) is 12.8. The third kappa shape index (κ3) is 3.17. The number of ketones is 1. The Balaban J connectivity index is 2.09. The van der Waals surface area contributed by atoms with Crippen molar-refractivity contribution in [1.29, 1.82) is 0 Å². The standard InChI is InChI=1S/C17H16O/c1-2-14-8-11-16(12-9-14)17(18)13-10-15-6-4-3-5-7-15/h3-13H,2H2,1H3. The van der Waals surface area contributed by atoms with Gasteiger partial charge in [0.05, 0.1) is 0 Å². The molecule has 0 atom stereocenters. The lowest BCUT2D eigenvalue weighted by Crippen LogP contribution is -1.94. The molecule has 0 aliphatic carbocycles. The minimum Gasteiger partial charge on any atom is -0.289 e. The maximum Gasteiger partial charge on any atom is 0.185 e. The molecule has 0 amide bonds. The lowest BCUT2D eigenvalue weighted by molar-refractivity contribution is 0.104. The van der Waals surface area contributed by atoms with Gasteiger partial charge in [0, 0.05) is 5.56 Å². The van der Waals surface area contributed by atoms with E-state index < -0.39 is 0 Å². The molecule has 0 aromatic heterocycles. The van der Waals surface area contributed by atoms with Gasteiger partial charge in [0.25, 0.3) is 0 Å². The summed E-state index contributed by atoms with van der Waals surface area (Å²) in [6, 6.07) is 17.6. The molecule has 2 aromatic rings. The van der Waals surface area contributed by atoms with Gasteiger partial charge in [0.2, 0.25) is 0 Å². The Morgan fingerprint density at radius 2 is 1.67 bits per heavy atom. The van der Waals surface area contributed by atoms with Crippen molar-refractivity contribution in [2.75, 3.05) is 0 Å². The van der Waals surface area contributed by atoms with Crippen LogP contribution >= 0.6 is 0 Å². The van der Waals surface area contributed by atoms with Gasteiger partial charge in [-0.3, -0.25) is 4.79 Å². The first kappa shape index (κ1) is 12.3. The molecule has 0 bridgehead atoms. The van der Waals surface area contributed by atoms with Crippen LogP contribution in [0.1, 0.15) is 28.4 Å². The van der Waals surface area contributed by atoms with E-state index >= 15 is 0 Å². The van der Waals surface area contributed by atoms with Gasteiger partial charge in [-0.15, -0.1) is 0 Å². The van der Waals surface area contributed by atoms with Crippen molar-refractivity contribution < 1.29 is 4.79 Å². The molecule has 1 heteroatoms. The quantitative estimate of drug-likeness (QED) is 0.576. The summed E-state index contributed by atoms with van der Waals surface area (Å²) in [5.41, 5.74) is 3.02. The summed E-state index contributed by atoms with van der Waals surface area (Å²) in [6.07, 6.45) is 4.46. The van der Waals surface area contributed by atoms with Crippen molar-refractivity contribution in [1.82, 2.24) is 0 Å². The van der Waals surface area contributed by atoms with Gasteiger partial charge >= 0.3 is 0 Å². The monoisotopic (exact) mass is 236 g/mol. The van der Waals surface area contributed by atoms with Crippen LogP contribution in [-0.4, -0.2) is 5.78 Å². The van der Waals surface area contributed by atoms with Crippen molar-refractivity contribution in [2.45, 2.75) is 13.3 Å². The largest absolute Gasteiger partial charge is 0.289 e. The highest BCUT2D eigenvalue weighted by molar-refractivity contribution is 6.06. The van der Waals surface area contributed by atoms with E-state index in [1.54, 1.807) is 6.08 Å². The number of allylic oxidation sites excluding steroid dienone is 1. The van der Waals surface area contributed by atoms with E-state index in [-0.39, 0.29) is 5.78 Å². The first-order valence-electron chi connectivity index (χ1n) is 6.16. The summed E-state index contributed by atoms with van der Waals surface area (Å²) < 4.78 is 0. The molecular formula is C17H16O. The van der Waals surface area contributed by atoms with E-state index in [4.69, 9.17) is 0 Å². The Hall–Kier alpha value is -2.15. The molecular weight excluding hydrogens is 220 g/mol. The Kier molecular flexibility index (Phi) is 4.08. The van der Waals surface area contributed by atoms with Crippen molar-refractivity contribution >= 4 is 11.9 Å². The first-order chi connectivity index (χ1) is 8.79. The van der Waals surface area contributed by atoms with E-state index in [0.29, 0.717) is 0 Å². The number of aryl methyl sites for hydroxylation is 1. The molecule has 0 spiro atoms. The van der Waals surface area contributed by atoms with Gasteiger partial charge in [0.1, 0.15) is 0 Å². The minimum absolute atomic E-state index is 0.0431. The molecule has 2 rings (SSSR count). The molecule has 0 aliphatic rings. The van der Waals surface area contributed by atoms with E-state index in [1.807, 2.05) is 60.7 Å². The first-order valence-corrected chi connectivity index (χ1v) is 6.16. The molecule has 0 fully saturated rings. The lowest BCUT2D eigenvalue weighted by Gasteiger charge is -1.98. The average Bonchev–Trinajstić information content (AvgIpc) is 2.46. The smallest absolute Gasteiger partial charge is 0.185 e. The minimum atomic E-state index is 0.0431. The highest BCUT2D eigenvalue weighted by Gasteiger charge is 2.00. The summed E-state index contributed by atoms with van der Waals surface area (Å²) in [6.45, 7) is 2.10. The van der Waals surface area contributed by atoms with E-state index in [1.165, 1.54) is 5.56 Å². The van der Waals surface area contributed by atoms with E-state index in [9.17, 15) is 4.79 Å². The maximum absolute atomic E-state index is 11.9. The fraction of sp³-hybridized carbons (Fsp3) is 0.118. The molecule has 0 saturated heterocycles. The summed E-state index contributed by atoms with van der Waals surface area (Å²) >= 11 is 0. The van der Waals surface area contributed by atoms with E-state index in [2.05, 4.69) is 6.92 Å². The van der Waals surface area contributed by atoms with Crippen molar-refractivity contribution in [3.05, 3.63) is 77.4 Å². The fourth-order valence-electron chi connectivity index (χ4n) is 1.74. The topological polar surface area (TPSA) is 17.1 Å². The molecule has 0 N–H and O–H groups in total.